The molecule has 0 aliphatic carbocycles. The normalized spacial score (nSPS) is 13.0. The van der Waals surface area contributed by atoms with Gasteiger partial charge in [0.1, 0.15) is 18.1 Å². The molecule has 3 rings (SSSR count). The first kappa shape index (κ1) is 23.6. The van der Waals surface area contributed by atoms with Crippen molar-refractivity contribution < 1.29 is 9.84 Å². The van der Waals surface area contributed by atoms with Crippen molar-refractivity contribution in [3.8, 4) is 5.75 Å². The molecule has 0 saturated carbocycles. The first-order valence-electron chi connectivity index (χ1n) is 11.4. The Morgan fingerprint density at radius 1 is 1.06 bits per heavy atom. The number of aromatic hydroxyl groups is 1. The largest absolute Gasteiger partial charge is 0.507 e. The summed E-state index contributed by atoms with van der Waals surface area (Å²) < 4.78 is 6.45. The van der Waals surface area contributed by atoms with E-state index < -0.39 is 0 Å². The van der Waals surface area contributed by atoms with Crippen LogP contribution in [0.15, 0.2) is 66.7 Å². The lowest BCUT2D eigenvalue weighted by atomic mass is 9.96. The second-order valence-electron chi connectivity index (χ2n) is 8.29. The Balaban J connectivity index is 2.15. The molecule has 0 amide bonds. The van der Waals surface area contributed by atoms with Crippen molar-refractivity contribution >= 4 is 22.6 Å². The van der Waals surface area contributed by atoms with E-state index in [-0.39, 0.29) is 0 Å². The fourth-order valence-corrected chi connectivity index (χ4v) is 4.11. The van der Waals surface area contributed by atoms with Gasteiger partial charge in [-0.15, -0.1) is 0 Å². The molecule has 0 aliphatic heterocycles. The van der Waals surface area contributed by atoms with Crippen molar-refractivity contribution in [2.75, 3.05) is 26.2 Å². The monoisotopic (exact) mass is 429 g/mol. The van der Waals surface area contributed by atoms with Crippen LogP contribution >= 0.6 is 0 Å². The first-order valence-corrected chi connectivity index (χ1v) is 11.4. The van der Waals surface area contributed by atoms with Gasteiger partial charge in [0.2, 0.25) is 0 Å². The van der Waals surface area contributed by atoms with Gasteiger partial charge >= 0.3 is 0 Å². The topological polar surface area (TPSA) is 32.7 Å². The minimum Gasteiger partial charge on any atom is -0.507 e. The third kappa shape index (κ3) is 5.60. The predicted molar refractivity (Wildman–Crippen MR) is 136 cm³/mol. The van der Waals surface area contributed by atoms with Crippen LogP contribution in [0.4, 0.5) is 0 Å². The van der Waals surface area contributed by atoms with E-state index in [1.807, 2.05) is 44.2 Å². The molecule has 0 fully saturated rings. The van der Waals surface area contributed by atoms with Gasteiger partial charge in [0.25, 0.3) is 0 Å². The Labute approximate surface area is 192 Å². The molecule has 0 aromatic heterocycles. The highest BCUT2D eigenvalue weighted by atomic mass is 16.5. The van der Waals surface area contributed by atoms with Crippen molar-refractivity contribution in [1.29, 1.82) is 0 Å². The molecule has 0 unspecified atom stereocenters. The van der Waals surface area contributed by atoms with Crippen molar-refractivity contribution in [2.45, 2.75) is 34.1 Å². The first-order chi connectivity index (χ1) is 15.4. The lowest BCUT2D eigenvalue weighted by molar-refractivity contribution is 0.195. The minimum atomic E-state index is 0.343. The molecule has 32 heavy (non-hydrogen) atoms. The second kappa shape index (κ2) is 11.0. The Kier molecular flexibility index (Phi) is 8.13. The molecule has 3 nitrogen and oxygen atoms in total. The van der Waals surface area contributed by atoms with E-state index in [0.717, 1.165) is 63.3 Å². The standard InChI is InChI=1S/C29H35NO2/c1-6-30(7-2)16-17-32-28(26-15-11-9-12-23(26)18-21(3)4)20-27-25-14-10-8-13-24(25)19-22(5)29(27)31/h8-15,18-19,31H,3,6-7,16-17,20H2,1-2,4-5H3/b23-18-,28-26-. The van der Waals surface area contributed by atoms with Crippen LogP contribution in [0.1, 0.15) is 31.9 Å². The number of nitrogens with zero attached hydrogens (tertiary/aromatic N) is 1. The molecule has 3 aromatic rings. The highest BCUT2D eigenvalue weighted by molar-refractivity contribution is 5.89. The number of hydrogen-bond acceptors (Lipinski definition) is 3. The number of ether oxygens (including phenoxy) is 1. The maximum atomic E-state index is 11.0. The second-order valence-corrected chi connectivity index (χ2v) is 8.29. The van der Waals surface area contributed by atoms with Crippen LogP contribution < -0.4 is 10.4 Å². The number of likely N-dealkylation sites (N-methyl/N-ethyl adjacent to an activating group) is 1. The Bertz CT molecular complexity index is 1210. The van der Waals surface area contributed by atoms with Gasteiger partial charge in [0.15, 0.2) is 0 Å². The third-order valence-corrected chi connectivity index (χ3v) is 5.90. The van der Waals surface area contributed by atoms with E-state index in [0.29, 0.717) is 18.8 Å². The summed E-state index contributed by atoms with van der Waals surface area (Å²) in [6.07, 6.45) is 2.60. The molecule has 0 radical (unpaired) electrons. The molecule has 0 atom stereocenters. The molecule has 0 spiro atoms. The average molecular weight is 430 g/mol. The number of aryl methyl sites for hydroxylation is 1. The van der Waals surface area contributed by atoms with E-state index in [1.54, 1.807) is 0 Å². The number of benzene rings is 3. The van der Waals surface area contributed by atoms with Crippen LogP contribution in [0.25, 0.3) is 22.6 Å². The lowest BCUT2D eigenvalue weighted by Crippen LogP contribution is -2.31. The predicted octanol–water partition coefficient (Wildman–Crippen LogP) is 4.92. The smallest absolute Gasteiger partial charge is 0.122 e. The van der Waals surface area contributed by atoms with Crippen molar-refractivity contribution in [3.63, 3.8) is 0 Å². The van der Waals surface area contributed by atoms with Gasteiger partial charge in [-0.2, -0.15) is 0 Å². The van der Waals surface area contributed by atoms with Crippen LogP contribution in [-0.2, 0) is 11.2 Å². The number of allylic oxidation sites excluding steroid dienone is 1. The quantitative estimate of drug-likeness (QED) is 0.524. The highest BCUT2D eigenvalue weighted by Crippen LogP contribution is 2.32. The Morgan fingerprint density at radius 3 is 2.47 bits per heavy atom. The zero-order valence-electron chi connectivity index (χ0n) is 19.8. The molecule has 0 bridgehead atoms. The summed E-state index contributed by atoms with van der Waals surface area (Å²) in [4.78, 5) is 2.35. The molecule has 0 heterocycles. The fourth-order valence-electron chi connectivity index (χ4n) is 4.11. The van der Waals surface area contributed by atoms with Crippen LogP contribution in [0.5, 0.6) is 5.75 Å². The molecule has 1 N–H and O–H groups in total. The van der Waals surface area contributed by atoms with Gasteiger partial charge < -0.3 is 14.7 Å². The number of phenolic OH excluding ortho intramolecular Hbond substituents is 1. The van der Waals surface area contributed by atoms with E-state index in [9.17, 15) is 5.11 Å². The molecule has 168 valence electrons. The zero-order chi connectivity index (χ0) is 23.1. The summed E-state index contributed by atoms with van der Waals surface area (Å²) in [5.74, 6) is 1.21. The van der Waals surface area contributed by atoms with Crippen LogP contribution in [0.3, 0.4) is 0 Å². The molecular weight excluding hydrogens is 394 g/mol. The van der Waals surface area contributed by atoms with E-state index in [1.165, 1.54) is 0 Å². The van der Waals surface area contributed by atoms with Gasteiger partial charge in [-0.25, -0.2) is 0 Å². The lowest BCUT2D eigenvalue weighted by Gasteiger charge is -2.20. The van der Waals surface area contributed by atoms with Crippen LogP contribution in [0, 0.1) is 6.92 Å². The zero-order valence-corrected chi connectivity index (χ0v) is 19.8. The summed E-state index contributed by atoms with van der Waals surface area (Å²) in [5.41, 5.74) is 2.77. The van der Waals surface area contributed by atoms with Gasteiger partial charge in [-0.1, -0.05) is 80.6 Å². The summed E-state index contributed by atoms with van der Waals surface area (Å²) >= 11 is 0. The SMILES string of the molecule is C=C(C)/C=c1/cccc/c1=C(\Cc1c(O)c(C)cc2ccccc12)OCCN(CC)CC. The van der Waals surface area contributed by atoms with Gasteiger partial charge in [-0.3, -0.25) is 0 Å². The maximum Gasteiger partial charge on any atom is 0.122 e. The minimum absolute atomic E-state index is 0.343. The number of phenols is 1. The average Bonchev–Trinajstić information content (AvgIpc) is 2.78. The van der Waals surface area contributed by atoms with Crippen LogP contribution in [-0.4, -0.2) is 36.2 Å². The highest BCUT2D eigenvalue weighted by Gasteiger charge is 2.14. The van der Waals surface area contributed by atoms with Crippen LogP contribution in [0.2, 0.25) is 0 Å². The molecule has 0 aliphatic rings. The maximum absolute atomic E-state index is 11.0. The van der Waals surface area contributed by atoms with E-state index in [2.05, 4.69) is 55.7 Å². The number of hydrogen-bond donors (Lipinski definition) is 1. The van der Waals surface area contributed by atoms with Gasteiger partial charge in [-0.05, 0) is 54.6 Å². The summed E-state index contributed by atoms with van der Waals surface area (Å²) in [6, 6.07) is 18.5. The van der Waals surface area contributed by atoms with Crippen molar-refractivity contribution in [1.82, 2.24) is 4.90 Å². The van der Waals surface area contributed by atoms with Gasteiger partial charge in [0, 0.05) is 23.7 Å². The third-order valence-electron chi connectivity index (χ3n) is 5.90. The van der Waals surface area contributed by atoms with E-state index >= 15 is 0 Å². The Hall–Kier alpha value is -3.04. The summed E-state index contributed by atoms with van der Waals surface area (Å²) in [6.45, 7) is 15.8. The molecule has 3 aromatic carbocycles. The summed E-state index contributed by atoms with van der Waals surface area (Å²) in [7, 11) is 0. The number of fused-ring (bicyclic) bond motifs is 1. The molecule has 3 heteroatoms. The molecular formula is C29H35NO2. The van der Waals surface area contributed by atoms with Gasteiger partial charge in [0.05, 0.1) is 0 Å². The van der Waals surface area contributed by atoms with Crippen molar-refractivity contribution in [3.05, 3.63) is 88.3 Å². The van der Waals surface area contributed by atoms with Crippen molar-refractivity contribution in [2.24, 2.45) is 0 Å². The summed E-state index contributed by atoms with van der Waals surface area (Å²) in [5, 5.41) is 15.3. The Morgan fingerprint density at radius 2 is 1.75 bits per heavy atom. The van der Waals surface area contributed by atoms with E-state index in [4.69, 9.17) is 4.74 Å². The molecule has 0 saturated heterocycles. The number of rotatable bonds is 9. The fraction of sp³-hybridized carbons (Fsp3) is 0.310.